The molecule has 160 valence electrons. The van der Waals surface area contributed by atoms with Crippen molar-refractivity contribution >= 4 is 29.9 Å². The monoisotopic (exact) mass is 519 g/mol. The Hall–Kier alpha value is -2.15. The van der Waals surface area contributed by atoms with Crippen molar-refractivity contribution in [1.82, 2.24) is 15.5 Å². The molecule has 1 heterocycles. The van der Waals surface area contributed by atoms with Gasteiger partial charge in [-0.25, -0.2) is 4.99 Å². The average molecular weight is 519 g/mol. The maximum Gasteiger partial charge on any atom is 0.191 e. The fraction of sp³-hybridized carbons (Fsp3) is 0.391. The highest BCUT2D eigenvalue weighted by Crippen LogP contribution is 2.13. The van der Waals surface area contributed by atoms with E-state index in [0.717, 1.165) is 50.9 Å². The summed E-state index contributed by atoms with van der Waals surface area (Å²) in [7, 11) is 0. The van der Waals surface area contributed by atoms with E-state index in [2.05, 4.69) is 57.8 Å². The Morgan fingerprint density at radius 2 is 1.87 bits per heavy atom. The molecule has 1 aliphatic rings. The lowest BCUT2D eigenvalue weighted by Gasteiger charge is -2.27. The van der Waals surface area contributed by atoms with Crippen molar-refractivity contribution in [2.75, 3.05) is 32.8 Å². The molecule has 0 aromatic heterocycles. The number of rotatable bonds is 7. The van der Waals surface area contributed by atoms with E-state index in [1.54, 1.807) is 0 Å². The summed E-state index contributed by atoms with van der Waals surface area (Å²) in [4.78, 5) is 7.11. The van der Waals surface area contributed by atoms with E-state index in [1.807, 2.05) is 24.3 Å². The van der Waals surface area contributed by atoms with Crippen LogP contribution in [0.3, 0.4) is 0 Å². The van der Waals surface area contributed by atoms with Crippen LogP contribution in [0.15, 0.2) is 53.5 Å². The van der Waals surface area contributed by atoms with Crippen molar-refractivity contribution in [2.45, 2.75) is 26.6 Å². The molecule has 1 fully saturated rings. The minimum absolute atomic E-state index is 0. The number of nitrogens with one attached hydrogen (secondary N) is 2. The molecule has 0 amide bonds. The van der Waals surface area contributed by atoms with Crippen molar-refractivity contribution in [1.29, 1.82) is 5.26 Å². The summed E-state index contributed by atoms with van der Waals surface area (Å²) in [6, 6.07) is 18.3. The van der Waals surface area contributed by atoms with E-state index in [1.165, 1.54) is 11.1 Å². The lowest BCUT2D eigenvalue weighted by atomic mass is 10.1. The number of nitriles is 1. The number of benzene rings is 2. The molecule has 7 heteroatoms. The number of halogens is 1. The van der Waals surface area contributed by atoms with E-state index < -0.39 is 0 Å². The second kappa shape index (κ2) is 13.2. The Kier molecular flexibility index (Phi) is 10.6. The van der Waals surface area contributed by atoms with Gasteiger partial charge in [0.2, 0.25) is 0 Å². The number of nitrogens with zero attached hydrogens (tertiary/aromatic N) is 3. The van der Waals surface area contributed by atoms with Gasteiger partial charge in [0, 0.05) is 32.7 Å². The molecule has 1 aliphatic heterocycles. The van der Waals surface area contributed by atoms with E-state index >= 15 is 0 Å². The molecule has 2 N–H and O–H groups in total. The molecule has 0 saturated carbocycles. The normalized spacial score (nSPS) is 14.5. The molecule has 6 nitrogen and oxygen atoms in total. The van der Waals surface area contributed by atoms with Gasteiger partial charge in [0.15, 0.2) is 5.96 Å². The third-order valence-electron chi connectivity index (χ3n) is 4.88. The van der Waals surface area contributed by atoms with Crippen molar-refractivity contribution in [3.63, 3.8) is 0 Å². The van der Waals surface area contributed by atoms with Gasteiger partial charge in [0.25, 0.3) is 0 Å². The zero-order chi connectivity index (χ0) is 20.3. The first kappa shape index (κ1) is 24.1. The summed E-state index contributed by atoms with van der Waals surface area (Å²) in [5.41, 5.74) is 4.29. The topological polar surface area (TPSA) is 72.7 Å². The maximum atomic E-state index is 9.06. The van der Waals surface area contributed by atoms with Crippen LogP contribution in [-0.2, 0) is 24.4 Å². The first-order chi connectivity index (χ1) is 14.3. The first-order valence-electron chi connectivity index (χ1n) is 10.2. The van der Waals surface area contributed by atoms with Crippen LogP contribution in [0.1, 0.15) is 29.2 Å². The van der Waals surface area contributed by atoms with Crippen LogP contribution in [0.25, 0.3) is 0 Å². The molecule has 0 aliphatic carbocycles. The van der Waals surface area contributed by atoms with Gasteiger partial charge in [-0.2, -0.15) is 5.26 Å². The van der Waals surface area contributed by atoms with Gasteiger partial charge in [-0.3, -0.25) is 4.90 Å². The van der Waals surface area contributed by atoms with Gasteiger partial charge >= 0.3 is 0 Å². The van der Waals surface area contributed by atoms with Gasteiger partial charge in [-0.05, 0) is 35.7 Å². The Morgan fingerprint density at radius 3 is 2.60 bits per heavy atom. The standard InChI is InChI=1S/C23H29N5O.HI/c1-2-25-23(26-16-20-7-5-6-19(14-20)15-24)27-17-21-8-3-4-9-22(21)18-28-10-12-29-13-11-28;/h3-9,14H,2,10-13,16-18H2,1H3,(H2,25,26,27);1H. The molecule has 3 rings (SSSR count). The number of morpholine rings is 1. The van der Waals surface area contributed by atoms with E-state index in [9.17, 15) is 0 Å². The summed E-state index contributed by atoms with van der Waals surface area (Å²) in [6.45, 7) is 8.61. The van der Waals surface area contributed by atoms with E-state index in [0.29, 0.717) is 18.7 Å². The number of hydrogen-bond donors (Lipinski definition) is 2. The Bertz CT molecular complexity index is 859. The summed E-state index contributed by atoms with van der Waals surface area (Å²) in [6.07, 6.45) is 0. The quantitative estimate of drug-likeness (QED) is 0.334. The first-order valence-corrected chi connectivity index (χ1v) is 10.2. The minimum atomic E-state index is 0. The summed E-state index contributed by atoms with van der Waals surface area (Å²) in [5.74, 6) is 0.774. The zero-order valence-electron chi connectivity index (χ0n) is 17.4. The molecule has 1 saturated heterocycles. The third kappa shape index (κ3) is 7.59. The van der Waals surface area contributed by atoms with Crippen LogP contribution in [-0.4, -0.2) is 43.7 Å². The van der Waals surface area contributed by atoms with Crippen LogP contribution in [0, 0.1) is 11.3 Å². The highest BCUT2D eigenvalue weighted by molar-refractivity contribution is 14.0. The van der Waals surface area contributed by atoms with Crippen LogP contribution in [0.2, 0.25) is 0 Å². The van der Waals surface area contributed by atoms with Gasteiger partial charge in [-0.15, -0.1) is 24.0 Å². The smallest absolute Gasteiger partial charge is 0.191 e. The highest BCUT2D eigenvalue weighted by Gasteiger charge is 2.12. The fourth-order valence-electron chi connectivity index (χ4n) is 3.31. The minimum Gasteiger partial charge on any atom is -0.379 e. The lowest BCUT2D eigenvalue weighted by Crippen LogP contribution is -2.38. The van der Waals surface area contributed by atoms with Crippen LogP contribution >= 0.6 is 24.0 Å². The van der Waals surface area contributed by atoms with Crippen molar-refractivity contribution in [3.8, 4) is 6.07 Å². The molecular weight excluding hydrogens is 489 g/mol. The Balaban J connectivity index is 0.00000320. The van der Waals surface area contributed by atoms with Gasteiger partial charge in [-0.1, -0.05) is 36.4 Å². The SMILES string of the molecule is CCNC(=NCc1cccc(C#N)c1)NCc1ccccc1CN1CCOCC1.I. The second-order valence-electron chi connectivity index (χ2n) is 7.02. The largest absolute Gasteiger partial charge is 0.379 e. The van der Waals surface area contributed by atoms with Crippen LogP contribution in [0.5, 0.6) is 0 Å². The lowest BCUT2D eigenvalue weighted by molar-refractivity contribution is 0.0341. The van der Waals surface area contributed by atoms with Crippen molar-refractivity contribution in [3.05, 3.63) is 70.8 Å². The number of ether oxygens (including phenoxy) is 1. The van der Waals surface area contributed by atoms with Gasteiger partial charge in [0.05, 0.1) is 31.4 Å². The highest BCUT2D eigenvalue weighted by atomic mass is 127. The van der Waals surface area contributed by atoms with E-state index in [4.69, 9.17) is 10.00 Å². The Morgan fingerprint density at radius 1 is 1.10 bits per heavy atom. The number of aliphatic imine (C=N–C) groups is 1. The van der Waals surface area contributed by atoms with Crippen molar-refractivity contribution < 1.29 is 4.74 Å². The number of hydrogen-bond acceptors (Lipinski definition) is 4. The van der Waals surface area contributed by atoms with Gasteiger partial charge < -0.3 is 15.4 Å². The molecular formula is C23H30IN5O. The summed E-state index contributed by atoms with van der Waals surface area (Å²) >= 11 is 0. The molecule has 0 radical (unpaired) electrons. The fourth-order valence-corrected chi connectivity index (χ4v) is 3.31. The summed E-state index contributed by atoms with van der Waals surface area (Å²) < 4.78 is 5.46. The average Bonchev–Trinajstić information content (AvgIpc) is 2.77. The molecule has 30 heavy (non-hydrogen) atoms. The van der Waals surface area contributed by atoms with Gasteiger partial charge in [0.1, 0.15) is 0 Å². The molecule has 2 aromatic rings. The third-order valence-corrected chi connectivity index (χ3v) is 4.88. The van der Waals surface area contributed by atoms with E-state index in [-0.39, 0.29) is 24.0 Å². The molecule has 0 spiro atoms. The number of guanidine groups is 1. The van der Waals surface area contributed by atoms with Crippen LogP contribution < -0.4 is 10.6 Å². The molecule has 0 unspecified atom stereocenters. The Labute approximate surface area is 196 Å². The second-order valence-corrected chi connectivity index (χ2v) is 7.02. The predicted octanol–water partition coefficient (Wildman–Crippen LogP) is 3.26. The maximum absolute atomic E-state index is 9.06. The zero-order valence-corrected chi connectivity index (χ0v) is 19.8. The summed E-state index contributed by atoms with van der Waals surface area (Å²) in [5, 5.41) is 15.8. The molecule has 0 atom stereocenters. The molecule has 2 aromatic carbocycles. The van der Waals surface area contributed by atoms with Crippen LogP contribution in [0.4, 0.5) is 0 Å². The van der Waals surface area contributed by atoms with Crippen molar-refractivity contribution in [2.24, 2.45) is 4.99 Å². The molecule has 0 bridgehead atoms. The predicted molar refractivity (Wildman–Crippen MR) is 131 cm³/mol.